The molecule has 1 aliphatic carbocycles. The number of aromatic amines is 1. The van der Waals surface area contributed by atoms with Gasteiger partial charge in [-0.05, 0) is 44.6 Å². The van der Waals surface area contributed by atoms with Crippen molar-refractivity contribution in [2.75, 3.05) is 26.2 Å². The summed E-state index contributed by atoms with van der Waals surface area (Å²) in [4.78, 5) is 29.8. The maximum atomic E-state index is 13.1. The fourth-order valence-corrected chi connectivity index (χ4v) is 6.17. The van der Waals surface area contributed by atoms with E-state index in [1.165, 1.54) is 16.6 Å². The molecule has 2 N–H and O–H groups in total. The molecule has 0 unspecified atom stereocenters. The first kappa shape index (κ1) is 20.4. The lowest BCUT2D eigenvalue weighted by Gasteiger charge is -2.31. The molecule has 0 spiro atoms. The van der Waals surface area contributed by atoms with Crippen LogP contribution in [0.3, 0.4) is 0 Å². The first-order valence-corrected chi connectivity index (χ1v) is 12.2. The van der Waals surface area contributed by atoms with Gasteiger partial charge in [0, 0.05) is 38.4 Å². The number of piperidine rings is 1. The summed E-state index contributed by atoms with van der Waals surface area (Å²) in [6.07, 6.45) is 9.02. The van der Waals surface area contributed by atoms with Gasteiger partial charge in [0.2, 0.25) is 15.9 Å². The van der Waals surface area contributed by atoms with Crippen LogP contribution in [-0.4, -0.2) is 66.6 Å². The molecule has 29 heavy (non-hydrogen) atoms. The van der Waals surface area contributed by atoms with Crippen LogP contribution in [0.15, 0.2) is 17.2 Å². The molecule has 1 aromatic heterocycles. The Bertz CT molecular complexity index is 854. The first-order chi connectivity index (χ1) is 13.9. The summed E-state index contributed by atoms with van der Waals surface area (Å²) in [5, 5.41) is 3.09. The van der Waals surface area contributed by atoms with E-state index in [0.29, 0.717) is 38.2 Å². The van der Waals surface area contributed by atoms with Gasteiger partial charge in [0.05, 0.1) is 5.92 Å². The largest absolute Gasteiger partial charge is 0.356 e. The molecule has 8 nitrogen and oxygen atoms in total. The standard InChI is InChI=1S/C20H30N4O4S/c25-19(22-16-7-1-2-8-16)15-6-5-11-24(14-15)29(27,28)17-12-18(21-13-17)20(26)23-9-3-4-10-23/h12-13,15-16,21H,1-11,14H2,(H,22,25)/t15-/m0/s1. The van der Waals surface area contributed by atoms with Gasteiger partial charge in [0.25, 0.3) is 5.91 Å². The monoisotopic (exact) mass is 422 g/mol. The van der Waals surface area contributed by atoms with Crippen molar-refractivity contribution in [2.45, 2.75) is 62.3 Å². The molecule has 3 heterocycles. The predicted octanol–water partition coefficient (Wildman–Crippen LogP) is 1.71. The predicted molar refractivity (Wildman–Crippen MR) is 108 cm³/mol. The molecular formula is C20H30N4O4S. The van der Waals surface area contributed by atoms with Crippen LogP contribution in [0, 0.1) is 5.92 Å². The lowest BCUT2D eigenvalue weighted by Crippen LogP contribution is -2.47. The van der Waals surface area contributed by atoms with E-state index < -0.39 is 10.0 Å². The highest BCUT2D eigenvalue weighted by atomic mass is 32.2. The minimum atomic E-state index is -3.74. The van der Waals surface area contributed by atoms with E-state index >= 15 is 0 Å². The van der Waals surface area contributed by atoms with Crippen LogP contribution in [0.4, 0.5) is 0 Å². The summed E-state index contributed by atoms with van der Waals surface area (Å²) in [5.74, 6) is -0.504. The Hall–Kier alpha value is -1.87. The van der Waals surface area contributed by atoms with Gasteiger partial charge >= 0.3 is 0 Å². The van der Waals surface area contributed by atoms with Gasteiger partial charge < -0.3 is 15.2 Å². The molecule has 1 atom stereocenters. The minimum Gasteiger partial charge on any atom is -0.356 e. The number of hydrogen-bond acceptors (Lipinski definition) is 4. The summed E-state index contributed by atoms with van der Waals surface area (Å²) in [6, 6.07) is 1.66. The van der Waals surface area contributed by atoms with Gasteiger partial charge in [-0.25, -0.2) is 8.42 Å². The Morgan fingerprint density at radius 1 is 1.00 bits per heavy atom. The number of sulfonamides is 1. The number of likely N-dealkylation sites (tertiary alicyclic amines) is 1. The van der Waals surface area contributed by atoms with E-state index in [-0.39, 0.29) is 35.2 Å². The maximum absolute atomic E-state index is 13.1. The molecule has 2 amide bonds. The van der Waals surface area contributed by atoms with Gasteiger partial charge in [-0.3, -0.25) is 9.59 Å². The molecule has 1 saturated carbocycles. The number of hydrogen-bond donors (Lipinski definition) is 2. The second kappa shape index (κ2) is 8.47. The smallest absolute Gasteiger partial charge is 0.270 e. The van der Waals surface area contributed by atoms with E-state index in [4.69, 9.17) is 0 Å². The molecule has 2 saturated heterocycles. The zero-order valence-corrected chi connectivity index (χ0v) is 17.5. The van der Waals surface area contributed by atoms with Crippen LogP contribution in [0.25, 0.3) is 0 Å². The van der Waals surface area contributed by atoms with Crippen LogP contribution in [0.5, 0.6) is 0 Å². The van der Waals surface area contributed by atoms with Gasteiger partial charge in [-0.1, -0.05) is 12.8 Å². The van der Waals surface area contributed by atoms with E-state index in [0.717, 1.165) is 38.5 Å². The van der Waals surface area contributed by atoms with Crippen molar-refractivity contribution in [1.82, 2.24) is 19.5 Å². The average Bonchev–Trinajstić information content (AvgIpc) is 3.50. The molecule has 4 rings (SSSR count). The van der Waals surface area contributed by atoms with Gasteiger partial charge in [-0.15, -0.1) is 0 Å². The molecule has 0 bridgehead atoms. The number of rotatable bonds is 5. The van der Waals surface area contributed by atoms with Crippen molar-refractivity contribution in [2.24, 2.45) is 5.92 Å². The Labute approximate surface area is 172 Å². The molecule has 0 aromatic carbocycles. The van der Waals surface area contributed by atoms with E-state index in [2.05, 4.69) is 10.3 Å². The third-order valence-corrected chi connectivity index (χ3v) is 8.22. The fraction of sp³-hybridized carbons (Fsp3) is 0.700. The summed E-state index contributed by atoms with van der Waals surface area (Å²) in [7, 11) is -3.74. The number of nitrogens with one attached hydrogen (secondary N) is 2. The number of aromatic nitrogens is 1. The number of H-pyrrole nitrogens is 1. The molecule has 0 radical (unpaired) electrons. The summed E-state index contributed by atoms with van der Waals surface area (Å²) in [6.45, 7) is 2.02. The molecule has 1 aromatic rings. The molecule has 3 aliphatic rings. The highest BCUT2D eigenvalue weighted by Crippen LogP contribution is 2.26. The normalized spacial score (nSPS) is 24.1. The second-order valence-corrected chi connectivity index (χ2v) is 10.4. The van der Waals surface area contributed by atoms with Crippen molar-refractivity contribution < 1.29 is 18.0 Å². The fourth-order valence-electron chi connectivity index (χ4n) is 4.65. The van der Waals surface area contributed by atoms with E-state index in [9.17, 15) is 18.0 Å². The number of nitrogens with zero attached hydrogens (tertiary/aromatic N) is 2. The van der Waals surface area contributed by atoms with Crippen molar-refractivity contribution >= 4 is 21.8 Å². The third kappa shape index (κ3) is 4.35. The van der Waals surface area contributed by atoms with E-state index in [1.54, 1.807) is 4.90 Å². The minimum absolute atomic E-state index is 0.0317. The first-order valence-electron chi connectivity index (χ1n) is 10.7. The van der Waals surface area contributed by atoms with Crippen LogP contribution in [0.2, 0.25) is 0 Å². The zero-order chi connectivity index (χ0) is 20.4. The molecular weight excluding hydrogens is 392 g/mol. The van der Waals surface area contributed by atoms with Crippen LogP contribution < -0.4 is 5.32 Å². The Kier molecular flexibility index (Phi) is 5.96. The van der Waals surface area contributed by atoms with Crippen molar-refractivity contribution in [3.05, 3.63) is 18.0 Å². The van der Waals surface area contributed by atoms with Crippen LogP contribution >= 0.6 is 0 Å². The van der Waals surface area contributed by atoms with Crippen molar-refractivity contribution in [3.63, 3.8) is 0 Å². The van der Waals surface area contributed by atoms with Crippen LogP contribution in [-0.2, 0) is 14.8 Å². The van der Waals surface area contributed by atoms with Crippen molar-refractivity contribution in [1.29, 1.82) is 0 Å². The highest BCUT2D eigenvalue weighted by Gasteiger charge is 2.35. The molecule has 9 heteroatoms. The Morgan fingerprint density at radius 2 is 1.72 bits per heavy atom. The average molecular weight is 423 g/mol. The number of amides is 2. The van der Waals surface area contributed by atoms with Crippen molar-refractivity contribution in [3.8, 4) is 0 Å². The summed E-state index contributed by atoms with van der Waals surface area (Å²) >= 11 is 0. The SMILES string of the molecule is O=C(NC1CCCC1)[C@H]1CCCN(S(=O)(=O)c2c[nH]c(C(=O)N3CCCC3)c2)C1. The number of carbonyl (C=O) groups is 2. The summed E-state index contributed by atoms with van der Waals surface area (Å²) in [5.41, 5.74) is 0.304. The second-order valence-electron chi connectivity index (χ2n) is 8.44. The van der Waals surface area contributed by atoms with Crippen LogP contribution in [0.1, 0.15) is 61.9 Å². The molecule has 160 valence electrons. The van der Waals surface area contributed by atoms with E-state index in [1.807, 2.05) is 0 Å². The number of carbonyl (C=O) groups excluding carboxylic acids is 2. The lowest BCUT2D eigenvalue weighted by atomic mass is 9.98. The molecule has 2 aliphatic heterocycles. The summed E-state index contributed by atoms with van der Waals surface area (Å²) < 4.78 is 27.6. The topological polar surface area (TPSA) is 103 Å². The van der Waals surface area contributed by atoms with Gasteiger partial charge in [-0.2, -0.15) is 4.31 Å². The third-order valence-electron chi connectivity index (χ3n) is 6.37. The molecule has 3 fully saturated rings. The lowest BCUT2D eigenvalue weighted by molar-refractivity contribution is -0.126. The zero-order valence-electron chi connectivity index (χ0n) is 16.7. The van der Waals surface area contributed by atoms with Gasteiger partial charge in [0.1, 0.15) is 10.6 Å². The maximum Gasteiger partial charge on any atom is 0.270 e. The highest BCUT2D eigenvalue weighted by molar-refractivity contribution is 7.89. The Morgan fingerprint density at radius 3 is 2.45 bits per heavy atom. The van der Waals surface area contributed by atoms with Gasteiger partial charge in [0.15, 0.2) is 0 Å². The Balaban J connectivity index is 1.42. The quantitative estimate of drug-likeness (QED) is 0.754.